The Balaban J connectivity index is 1.67. The average molecular weight is 593 g/mol. The van der Waals surface area contributed by atoms with E-state index < -0.39 is 10.0 Å². The predicted octanol–water partition coefficient (Wildman–Crippen LogP) is 6.45. The normalized spacial score (nSPS) is 12.1. The summed E-state index contributed by atoms with van der Waals surface area (Å²) in [7, 11) is -3.85. The molecule has 0 aliphatic heterocycles. The molecule has 0 atom stereocenters. The summed E-state index contributed by atoms with van der Waals surface area (Å²) >= 11 is 2.23. The summed E-state index contributed by atoms with van der Waals surface area (Å²) in [6.45, 7) is 0. The van der Waals surface area contributed by atoms with E-state index in [0.717, 1.165) is 9.13 Å². The second-order valence-corrected chi connectivity index (χ2v) is 10.8. The lowest BCUT2D eigenvalue weighted by atomic mass is 10.0. The number of aromatic hydroxyl groups is 1. The molecule has 0 unspecified atom stereocenters. The van der Waals surface area contributed by atoms with E-state index in [1.54, 1.807) is 36.4 Å². The van der Waals surface area contributed by atoms with Crippen molar-refractivity contribution in [3.05, 3.63) is 118 Å². The zero-order valence-electron chi connectivity index (χ0n) is 18.3. The van der Waals surface area contributed by atoms with E-state index in [-0.39, 0.29) is 10.8 Å². The van der Waals surface area contributed by atoms with Gasteiger partial charge in [0.2, 0.25) is 0 Å². The number of rotatable bonds is 6. The van der Waals surface area contributed by atoms with Crippen molar-refractivity contribution in [3.63, 3.8) is 0 Å². The fraction of sp³-hybridized carbons (Fsp3) is 0. The molecular formula is C27H20IN3O3S. The molecule has 0 bridgehead atoms. The number of aliphatic imine (C=N–C) groups is 1. The van der Waals surface area contributed by atoms with E-state index in [1.165, 1.54) is 6.07 Å². The standard InChI is InChI=1S/C27H20IN3O3S/c28-19-11-13-20(14-12-19)29-26(18-7-3-1-4-8-18)25-23-17-22(15-16-24(23)30-27(25)32)35(33,34)31-21-9-5-2-6-10-21/h1-17,30-32H. The Morgan fingerprint density at radius 2 is 1.51 bits per heavy atom. The SMILES string of the molecule is O=S(=O)(Nc1ccccc1)c1ccc2[nH]c(O)c(C(=Nc3ccc(I)cc3)c3ccccc3)c2c1. The lowest BCUT2D eigenvalue weighted by molar-refractivity contribution is 0.457. The van der Waals surface area contributed by atoms with Crippen molar-refractivity contribution in [1.82, 2.24) is 4.98 Å². The molecule has 0 amide bonds. The van der Waals surface area contributed by atoms with Gasteiger partial charge >= 0.3 is 0 Å². The number of nitrogens with zero attached hydrogens (tertiary/aromatic N) is 1. The summed E-state index contributed by atoms with van der Waals surface area (Å²) in [5.41, 5.74) is 3.53. The van der Waals surface area contributed by atoms with Crippen molar-refractivity contribution in [2.75, 3.05) is 4.72 Å². The maximum Gasteiger partial charge on any atom is 0.261 e. The van der Waals surface area contributed by atoms with E-state index in [0.29, 0.717) is 33.6 Å². The molecular weight excluding hydrogens is 573 g/mol. The molecule has 0 saturated heterocycles. The molecule has 1 aromatic heterocycles. The van der Waals surface area contributed by atoms with Gasteiger partial charge in [-0.3, -0.25) is 4.72 Å². The highest BCUT2D eigenvalue weighted by molar-refractivity contribution is 14.1. The number of benzene rings is 4. The number of hydrogen-bond acceptors (Lipinski definition) is 4. The van der Waals surface area contributed by atoms with E-state index in [4.69, 9.17) is 4.99 Å². The summed E-state index contributed by atoms with van der Waals surface area (Å²) in [4.78, 5) is 7.89. The smallest absolute Gasteiger partial charge is 0.261 e. The third kappa shape index (κ3) is 4.94. The average Bonchev–Trinajstić information content (AvgIpc) is 3.19. The number of para-hydroxylation sites is 1. The van der Waals surface area contributed by atoms with E-state index in [9.17, 15) is 13.5 Å². The number of anilines is 1. The number of aromatic amines is 1. The zero-order valence-corrected chi connectivity index (χ0v) is 21.3. The number of H-pyrrole nitrogens is 1. The number of hydrogen-bond donors (Lipinski definition) is 3. The molecule has 0 radical (unpaired) electrons. The van der Waals surface area contributed by atoms with Gasteiger partial charge in [-0.1, -0.05) is 48.5 Å². The third-order valence-electron chi connectivity index (χ3n) is 5.44. The van der Waals surface area contributed by atoms with Gasteiger partial charge in [0.1, 0.15) is 0 Å². The van der Waals surface area contributed by atoms with Crippen molar-refractivity contribution in [2.24, 2.45) is 4.99 Å². The van der Waals surface area contributed by atoms with Gasteiger partial charge in [0.15, 0.2) is 5.88 Å². The number of halogens is 1. The lowest BCUT2D eigenvalue weighted by Gasteiger charge is -2.10. The van der Waals surface area contributed by atoms with Crippen LogP contribution in [0.4, 0.5) is 11.4 Å². The minimum atomic E-state index is -3.85. The van der Waals surface area contributed by atoms with Gasteiger partial charge in [-0.05, 0) is 77.2 Å². The van der Waals surface area contributed by atoms with Crippen molar-refractivity contribution < 1.29 is 13.5 Å². The Hall–Kier alpha value is -3.63. The largest absolute Gasteiger partial charge is 0.494 e. The van der Waals surface area contributed by atoms with Gasteiger partial charge in [-0.2, -0.15) is 0 Å². The molecule has 5 rings (SSSR count). The van der Waals surface area contributed by atoms with E-state index in [1.807, 2.05) is 60.7 Å². The van der Waals surface area contributed by atoms with Crippen molar-refractivity contribution in [1.29, 1.82) is 0 Å². The highest BCUT2D eigenvalue weighted by Gasteiger charge is 2.22. The van der Waals surface area contributed by atoms with E-state index >= 15 is 0 Å². The Labute approximate surface area is 216 Å². The van der Waals surface area contributed by atoms with Crippen LogP contribution in [0.15, 0.2) is 113 Å². The van der Waals surface area contributed by atoms with E-state index in [2.05, 4.69) is 32.3 Å². The fourth-order valence-corrected chi connectivity index (χ4v) is 5.23. The van der Waals surface area contributed by atoms with Crippen LogP contribution in [0.1, 0.15) is 11.1 Å². The summed E-state index contributed by atoms with van der Waals surface area (Å²) in [5, 5.41) is 11.5. The molecule has 1 heterocycles. The van der Waals surface area contributed by atoms with Gasteiger partial charge in [-0.15, -0.1) is 0 Å². The van der Waals surface area contributed by atoms with Crippen LogP contribution in [0.2, 0.25) is 0 Å². The number of nitrogens with one attached hydrogen (secondary N) is 2. The Morgan fingerprint density at radius 1 is 0.857 bits per heavy atom. The predicted molar refractivity (Wildman–Crippen MR) is 148 cm³/mol. The molecule has 3 N–H and O–H groups in total. The highest BCUT2D eigenvalue weighted by atomic mass is 127. The molecule has 0 spiro atoms. The van der Waals surface area contributed by atoms with Crippen LogP contribution in [0.25, 0.3) is 10.9 Å². The second-order valence-electron chi connectivity index (χ2n) is 7.83. The molecule has 0 aliphatic rings. The molecule has 0 aliphatic carbocycles. The van der Waals surface area contributed by atoms with Gasteiger partial charge in [0, 0.05) is 25.7 Å². The topological polar surface area (TPSA) is 94.5 Å². The third-order valence-corrected chi connectivity index (χ3v) is 7.54. The zero-order chi connectivity index (χ0) is 24.4. The number of aromatic nitrogens is 1. The van der Waals surface area contributed by atoms with Gasteiger partial charge in [0.25, 0.3) is 10.0 Å². The Morgan fingerprint density at radius 3 is 2.20 bits per heavy atom. The minimum Gasteiger partial charge on any atom is -0.494 e. The summed E-state index contributed by atoms with van der Waals surface area (Å²) in [5.74, 6) is -0.0846. The molecule has 8 heteroatoms. The van der Waals surface area contributed by atoms with Crippen LogP contribution >= 0.6 is 22.6 Å². The molecule has 0 fully saturated rings. The first-order valence-corrected chi connectivity index (χ1v) is 13.3. The molecule has 6 nitrogen and oxygen atoms in total. The maximum absolute atomic E-state index is 13.1. The van der Waals surface area contributed by atoms with Crippen LogP contribution in [-0.4, -0.2) is 24.2 Å². The molecule has 4 aromatic carbocycles. The molecule has 35 heavy (non-hydrogen) atoms. The highest BCUT2D eigenvalue weighted by Crippen LogP contribution is 2.33. The van der Waals surface area contributed by atoms with Crippen LogP contribution < -0.4 is 4.72 Å². The van der Waals surface area contributed by atoms with Gasteiger partial charge < -0.3 is 10.1 Å². The lowest BCUT2D eigenvalue weighted by Crippen LogP contribution is -2.12. The number of fused-ring (bicyclic) bond motifs is 1. The fourth-order valence-electron chi connectivity index (χ4n) is 3.79. The van der Waals surface area contributed by atoms with Gasteiger partial charge in [-0.25, -0.2) is 13.4 Å². The quantitative estimate of drug-likeness (QED) is 0.156. The monoisotopic (exact) mass is 593 g/mol. The van der Waals surface area contributed by atoms with Crippen LogP contribution in [0.5, 0.6) is 5.88 Å². The Kier molecular flexibility index (Phi) is 6.31. The van der Waals surface area contributed by atoms with Crippen LogP contribution in [-0.2, 0) is 10.0 Å². The molecule has 174 valence electrons. The first-order chi connectivity index (χ1) is 16.9. The molecule has 0 saturated carbocycles. The summed E-state index contributed by atoms with van der Waals surface area (Å²) < 4.78 is 29.9. The van der Waals surface area contributed by atoms with Crippen molar-refractivity contribution in [2.45, 2.75) is 4.90 Å². The van der Waals surface area contributed by atoms with Gasteiger partial charge in [0.05, 0.1) is 21.9 Å². The summed E-state index contributed by atoms with van der Waals surface area (Å²) in [6, 6.07) is 30.6. The number of sulfonamides is 1. The maximum atomic E-state index is 13.1. The minimum absolute atomic E-state index is 0.0794. The first-order valence-electron chi connectivity index (χ1n) is 10.7. The Bertz CT molecular complexity index is 1630. The molecule has 5 aromatic rings. The second kappa shape index (κ2) is 9.55. The van der Waals surface area contributed by atoms with Crippen molar-refractivity contribution >= 4 is 60.6 Å². The van der Waals surface area contributed by atoms with Crippen LogP contribution in [0, 0.1) is 3.57 Å². The van der Waals surface area contributed by atoms with Crippen molar-refractivity contribution in [3.8, 4) is 5.88 Å². The first kappa shape index (κ1) is 23.1. The summed E-state index contributed by atoms with van der Waals surface area (Å²) in [6.07, 6.45) is 0. The van der Waals surface area contributed by atoms with Crippen LogP contribution in [0.3, 0.4) is 0 Å².